The van der Waals surface area contributed by atoms with Gasteiger partial charge in [-0.1, -0.05) is 6.07 Å². The zero-order chi connectivity index (χ0) is 10.6. The Bertz CT molecular complexity index is 302. The largest absolute Gasteiger partial charge is 0.573 e. The summed E-state index contributed by atoms with van der Waals surface area (Å²) in [7, 11) is 0.368. The highest BCUT2D eigenvalue weighted by Gasteiger charge is 2.31. The van der Waals surface area contributed by atoms with Gasteiger partial charge in [-0.05, 0) is 12.1 Å². The van der Waals surface area contributed by atoms with Gasteiger partial charge in [-0.2, -0.15) is 0 Å². The van der Waals surface area contributed by atoms with Crippen LogP contribution in [-0.4, -0.2) is 19.1 Å². The zero-order valence-electron chi connectivity index (χ0n) is 6.78. The molecule has 1 aromatic carbocycles. The van der Waals surface area contributed by atoms with E-state index in [4.69, 9.17) is 5.02 Å². The van der Waals surface area contributed by atoms with Crippen LogP contribution in [0.4, 0.5) is 13.2 Å². The molecule has 0 aliphatic rings. The maximum absolute atomic E-state index is 11.7. The van der Waals surface area contributed by atoms with Crippen molar-refractivity contribution in [3.05, 3.63) is 24.3 Å². The summed E-state index contributed by atoms with van der Waals surface area (Å²) in [4.78, 5) is 0. The molecule has 0 aromatic heterocycles. The van der Waals surface area contributed by atoms with Crippen LogP contribution in [0.3, 0.4) is 0 Å². The van der Waals surface area contributed by atoms with Gasteiger partial charge < -0.3 is 14.4 Å². The highest BCUT2D eigenvalue weighted by atomic mass is 19.4. The summed E-state index contributed by atoms with van der Waals surface area (Å²) >= 11 is 0. The van der Waals surface area contributed by atoms with Crippen LogP contribution in [0, 0.1) is 0 Å². The minimum Gasteiger partial charge on any atom is -0.537 e. The zero-order valence-corrected chi connectivity index (χ0v) is 6.78. The van der Waals surface area contributed by atoms with Crippen LogP contribution in [0.25, 0.3) is 0 Å². The third-order valence-corrected chi connectivity index (χ3v) is 1.23. The van der Waals surface area contributed by atoms with Gasteiger partial charge >= 0.3 is 14.0 Å². The molecule has 0 heterocycles. The smallest absolute Gasteiger partial charge is 0.537 e. The molecule has 3 nitrogen and oxygen atoms in total. The minimum atomic E-state index is -4.73. The molecule has 1 N–H and O–H groups in total. The minimum absolute atomic E-state index is 0.0502. The molecule has 1 rings (SSSR count). The molecular weight excluding hydrogens is 200 g/mol. The van der Waals surface area contributed by atoms with Gasteiger partial charge in [0.2, 0.25) is 0 Å². The van der Waals surface area contributed by atoms with Gasteiger partial charge in [-0.25, -0.2) is 0 Å². The molecule has 0 saturated carbocycles. The Balaban J connectivity index is 2.73. The van der Waals surface area contributed by atoms with Crippen molar-refractivity contribution in [2.45, 2.75) is 6.36 Å². The van der Waals surface area contributed by atoms with Gasteiger partial charge in [0.15, 0.2) is 0 Å². The molecule has 0 spiro atoms. The second-order valence-electron chi connectivity index (χ2n) is 2.25. The number of halogens is 3. The Morgan fingerprint density at radius 1 is 1.21 bits per heavy atom. The van der Waals surface area contributed by atoms with E-state index in [9.17, 15) is 13.2 Å². The maximum Gasteiger partial charge on any atom is 0.573 e. The number of hydrogen-bond donors (Lipinski definition) is 1. The molecule has 0 aliphatic heterocycles. The summed E-state index contributed by atoms with van der Waals surface area (Å²) in [5.74, 6) is -0.355. The van der Waals surface area contributed by atoms with Gasteiger partial charge in [0.05, 0.1) is 0 Å². The van der Waals surface area contributed by atoms with Crippen molar-refractivity contribution in [2.75, 3.05) is 0 Å². The number of alkyl halides is 3. The van der Waals surface area contributed by atoms with Crippen molar-refractivity contribution in [2.24, 2.45) is 0 Å². The third kappa shape index (κ3) is 3.57. The molecule has 1 radical (unpaired) electrons. The van der Waals surface area contributed by atoms with Crippen LogP contribution in [0.1, 0.15) is 0 Å². The Hall–Kier alpha value is -1.37. The average Bonchev–Trinajstić information content (AvgIpc) is 2.02. The van der Waals surface area contributed by atoms with E-state index in [1.54, 1.807) is 0 Å². The van der Waals surface area contributed by atoms with Gasteiger partial charge in [0.25, 0.3) is 0 Å². The van der Waals surface area contributed by atoms with Gasteiger partial charge in [0.1, 0.15) is 11.5 Å². The molecule has 7 heteroatoms. The highest BCUT2D eigenvalue weighted by molar-refractivity contribution is 6.17. The first-order valence-corrected chi connectivity index (χ1v) is 3.49. The fourth-order valence-electron chi connectivity index (χ4n) is 0.806. The molecule has 0 amide bonds. The van der Waals surface area contributed by atoms with Crippen molar-refractivity contribution in [1.29, 1.82) is 0 Å². The Labute approximate surface area is 78.4 Å². The Morgan fingerprint density at radius 3 is 2.43 bits per heavy atom. The van der Waals surface area contributed by atoms with Crippen molar-refractivity contribution in [3.8, 4) is 11.5 Å². The van der Waals surface area contributed by atoms with Gasteiger partial charge in [-0.15, -0.1) is 13.2 Å². The Kier molecular flexibility index (Phi) is 3.24. The van der Waals surface area contributed by atoms with E-state index in [1.165, 1.54) is 12.1 Å². The molecule has 0 saturated heterocycles. The summed E-state index contributed by atoms with van der Waals surface area (Å²) in [5.41, 5.74) is 0. The van der Waals surface area contributed by atoms with E-state index < -0.39 is 12.1 Å². The summed E-state index contributed by atoms with van der Waals surface area (Å²) < 4.78 is 43.3. The summed E-state index contributed by atoms with van der Waals surface area (Å²) in [6.45, 7) is 0. The topological polar surface area (TPSA) is 38.7 Å². The van der Waals surface area contributed by atoms with Gasteiger partial charge in [-0.3, -0.25) is 0 Å². The molecule has 0 aliphatic carbocycles. The fraction of sp³-hybridized carbons (Fsp3) is 0.143. The van der Waals surface area contributed by atoms with Crippen LogP contribution >= 0.6 is 0 Å². The highest BCUT2D eigenvalue weighted by Crippen LogP contribution is 2.25. The van der Waals surface area contributed by atoms with E-state index in [1.807, 2.05) is 0 Å². The lowest BCUT2D eigenvalue weighted by atomic mass is 10.3. The van der Waals surface area contributed by atoms with E-state index >= 15 is 0 Å². The number of benzene rings is 1. The lowest BCUT2D eigenvalue weighted by Gasteiger charge is -2.09. The first-order chi connectivity index (χ1) is 6.51. The standard InChI is InChI=1S/C7H5BF3O3/c9-7(10,11)13-5-2-1-3-6(4-5)14-8-12/h1-4,12H. The lowest BCUT2D eigenvalue weighted by molar-refractivity contribution is -0.274. The second-order valence-corrected chi connectivity index (χ2v) is 2.25. The second kappa shape index (κ2) is 4.23. The third-order valence-electron chi connectivity index (χ3n) is 1.23. The van der Waals surface area contributed by atoms with E-state index in [-0.39, 0.29) is 5.75 Å². The van der Waals surface area contributed by atoms with Gasteiger partial charge in [0, 0.05) is 6.07 Å². The summed E-state index contributed by atoms with van der Waals surface area (Å²) in [6.07, 6.45) is -4.73. The maximum atomic E-state index is 11.7. The molecule has 0 unspecified atom stereocenters. The number of rotatable bonds is 3. The van der Waals surface area contributed by atoms with Crippen molar-refractivity contribution in [3.63, 3.8) is 0 Å². The normalized spacial score (nSPS) is 10.9. The fourth-order valence-corrected chi connectivity index (χ4v) is 0.806. The van der Waals surface area contributed by atoms with E-state index in [0.717, 1.165) is 12.1 Å². The Morgan fingerprint density at radius 2 is 1.86 bits per heavy atom. The van der Waals surface area contributed by atoms with Crippen molar-refractivity contribution >= 4 is 7.69 Å². The summed E-state index contributed by atoms with van der Waals surface area (Å²) in [5, 5.41) is 8.23. The predicted octanol–water partition coefficient (Wildman–Crippen LogP) is 1.49. The van der Waals surface area contributed by atoms with Crippen LogP contribution < -0.4 is 9.39 Å². The predicted molar refractivity (Wildman–Crippen MR) is 41.7 cm³/mol. The molecule has 0 fully saturated rings. The van der Waals surface area contributed by atoms with E-state index in [0.29, 0.717) is 7.69 Å². The molecule has 0 bridgehead atoms. The number of hydrogen-bond acceptors (Lipinski definition) is 3. The molecule has 1 aromatic rings. The van der Waals surface area contributed by atoms with Crippen LogP contribution in [0.2, 0.25) is 0 Å². The van der Waals surface area contributed by atoms with E-state index in [2.05, 4.69) is 9.39 Å². The molecule has 0 atom stereocenters. The molecule has 14 heavy (non-hydrogen) atoms. The lowest BCUT2D eigenvalue weighted by Crippen LogP contribution is -2.17. The summed E-state index contributed by atoms with van der Waals surface area (Å²) in [6, 6.07) is 4.80. The van der Waals surface area contributed by atoms with Crippen molar-refractivity contribution < 1.29 is 27.6 Å². The SMILES string of the molecule is O[B]Oc1cccc(OC(F)(F)F)c1. The first kappa shape index (κ1) is 10.7. The molecule has 75 valence electrons. The van der Waals surface area contributed by atoms with Crippen LogP contribution in [-0.2, 0) is 0 Å². The number of ether oxygens (including phenoxy) is 1. The van der Waals surface area contributed by atoms with Crippen molar-refractivity contribution in [1.82, 2.24) is 0 Å². The van der Waals surface area contributed by atoms with Crippen LogP contribution in [0.15, 0.2) is 24.3 Å². The average molecular weight is 205 g/mol. The monoisotopic (exact) mass is 205 g/mol. The molecular formula is C7H5BF3O3. The first-order valence-electron chi connectivity index (χ1n) is 3.49. The van der Waals surface area contributed by atoms with Crippen LogP contribution in [0.5, 0.6) is 11.5 Å². The quantitative estimate of drug-likeness (QED) is 0.759.